The molecule has 1 saturated heterocycles. The minimum Gasteiger partial charge on any atom is -0.378 e. The molecule has 0 saturated carbocycles. The highest BCUT2D eigenvalue weighted by Gasteiger charge is 2.36. The summed E-state index contributed by atoms with van der Waals surface area (Å²) in [6.07, 6.45) is 3.49. The number of Topliss-reactive ketones (excluding diaryl/α,β-unsaturated/α-hetero) is 1. The van der Waals surface area contributed by atoms with E-state index in [9.17, 15) is 4.79 Å². The van der Waals surface area contributed by atoms with Gasteiger partial charge in [0, 0.05) is 24.2 Å². The Kier molecular flexibility index (Phi) is 4.46. The van der Waals surface area contributed by atoms with Gasteiger partial charge in [-0.2, -0.15) is 0 Å². The first-order valence-electron chi connectivity index (χ1n) is 8.99. The molecule has 1 fully saturated rings. The van der Waals surface area contributed by atoms with E-state index in [1.807, 2.05) is 37.3 Å². The molecule has 0 unspecified atom stereocenters. The maximum absolute atomic E-state index is 13.3. The first kappa shape index (κ1) is 17.4. The highest BCUT2D eigenvalue weighted by atomic mass is 16.5. The predicted molar refractivity (Wildman–Crippen MR) is 107 cm³/mol. The number of guanidine groups is 1. The van der Waals surface area contributed by atoms with Gasteiger partial charge in [-0.1, -0.05) is 55.1 Å². The third-order valence-electron chi connectivity index (χ3n) is 4.85. The van der Waals surface area contributed by atoms with E-state index in [0.29, 0.717) is 36.0 Å². The second kappa shape index (κ2) is 6.93. The normalized spacial score (nSPS) is 19.4. The van der Waals surface area contributed by atoms with E-state index in [2.05, 4.69) is 18.1 Å². The molecule has 0 radical (unpaired) electrons. The molecule has 0 N–H and O–H groups in total. The molecule has 2 heterocycles. The Labute approximate surface area is 158 Å². The molecule has 1 aromatic rings. The molecule has 5 heteroatoms. The van der Waals surface area contributed by atoms with E-state index >= 15 is 0 Å². The van der Waals surface area contributed by atoms with Crippen molar-refractivity contribution in [3.63, 3.8) is 0 Å². The number of benzene rings is 1. The predicted octanol–water partition coefficient (Wildman–Crippen LogP) is 3.32. The number of aliphatic imine (C=N–C) groups is 2. The number of ether oxygens (including phenoxy) is 1. The molecule has 0 spiro atoms. The van der Waals surface area contributed by atoms with E-state index < -0.39 is 0 Å². The van der Waals surface area contributed by atoms with Crippen LogP contribution in [-0.4, -0.2) is 48.7 Å². The van der Waals surface area contributed by atoms with Crippen molar-refractivity contribution in [2.75, 3.05) is 26.3 Å². The molecule has 27 heavy (non-hydrogen) atoms. The molecule has 0 amide bonds. The second-order valence-corrected chi connectivity index (χ2v) is 6.67. The molecule has 2 aliphatic heterocycles. The van der Waals surface area contributed by atoms with Gasteiger partial charge in [0.25, 0.3) is 0 Å². The fraction of sp³-hybridized carbons (Fsp3) is 0.227. The first-order valence-corrected chi connectivity index (χ1v) is 8.99. The SMILES string of the molecule is C=C/C=C(\C(=C)C)C1=C2N=C(N3CCOCC3)N=C2c2ccccc2C1=O. The largest absolute Gasteiger partial charge is 0.378 e. The van der Waals surface area contributed by atoms with E-state index in [1.165, 1.54) is 0 Å². The number of carbonyl (C=O) groups is 1. The molecule has 3 aliphatic rings. The second-order valence-electron chi connectivity index (χ2n) is 6.67. The summed E-state index contributed by atoms with van der Waals surface area (Å²) in [5, 5.41) is 0. The molecule has 0 bridgehead atoms. The van der Waals surface area contributed by atoms with E-state index in [-0.39, 0.29) is 5.78 Å². The van der Waals surface area contributed by atoms with Gasteiger partial charge in [-0.05, 0) is 12.5 Å². The van der Waals surface area contributed by atoms with Crippen LogP contribution in [0.5, 0.6) is 0 Å². The summed E-state index contributed by atoms with van der Waals surface area (Å²) in [6, 6.07) is 7.56. The van der Waals surface area contributed by atoms with E-state index in [4.69, 9.17) is 14.7 Å². The lowest BCUT2D eigenvalue weighted by atomic mass is 9.82. The van der Waals surface area contributed by atoms with Crippen molar-refractivity contribution < 1.29 is 9.53 Å². The molecular weight excluding hydrogens is 338 g/mol. The number of hydrogen-bond donors (Lipinski definition) is 0. The zero-order chi connectivity index (χ0) is 19.0. The van der Waals surface area contributed by atoms with Crippen LogP contribution in [0.2, 0.25) is 0 Å². The zero-order valence-corrected chi connectivity index (χ0v) is 15.4. The lowest BCUT2D eigenvalue weighted by molar-refractivity contribution is 0.0677. The van der Waals surface area contributed by atoms with Crippen molar-refractivity contribution in [2.24, 2.45) is 9.98 Å². The lowest BCUT2D eigenvalue weighted by Crippen LogP contribution is -2.39. The van der Waals surface area contributed by atoms with Gasteiger partial charge in [-0.15, -0.1) is 0 Å². The summed E-state index contributed by atoms with van der Waals surface area (Å²) < 4.78 is 5.43. The van der Waals surface area contributed by atoms with Crippen molar-refractivity contribution in [3.05, 3.63) is 83.1 Å². The monoisotopic (exact) mass is 359 g/mol. The maximum atomic E-state index is 13.3. The molecule has 4 rings (SSSR count). The molecule has 1 aliphatic carbocycles. The van der Waals surface area contributed by atoms with Gasteiger partial charge in [0.05, 0.1) is 18.8 Å². The standard InChI is InChI=1S/C22H21N3O2/c1-4-7-15(14(2)3)18-20-19(16-8-5-6-9-17(16)21(18)26)23-22(24-20)25-10-12-27-13-11-25/h4-9H,1-2,10-13H2,3H3/b15-7+. The summed E-state index contributed by atoms with van der Waals surface area (Å²) >= 11 is 0. The quantitative estimate of drug-likeness (QED) is 0.778. The molecule has 0 aromatic heterocycles. The molecule has 1 aromatic carbocycles. The van der Waals surface area contributed by atoms with Crippen LogP contribution in [0.4, 0.5) is 0 Å². The van der Waals surface area contributed by atoms with Gasteiger partial charge >= 0.3 is 0 Å². The topological polar surface area (TPSA) is 54.3 Å². The van der Waals surface area contributed by atoms with Crippen molar-refractivity contribution in [1.82, 2.24) is 4.90 Å². The van der Waals surface area contributed by atoms with Gasteiger partial charge in [0.1, 0.15) is 11.4 Å². The maximum Gasteiger partial charge on any atom is 0.226 e. The van der Waals surface area contributed by atoms with Crippen LogP contribution in [0.3, 0.4) is 0 Å². The number of rotatable bonds is 3. The Morgan fingerprint density at radius 1 is 1.19 bits per heavy atom. The van der Waals surface area contributed by atoms with Crippen LogP contribution in [-0.2, 0) is 4.74 Å². The average molecular weight is 359 g/mol. The number of morpholine rings is 1. The summed E-state index contributed by atoms with van der Waals surface area (Å²) in [5.74, 6) is 0.590. The third kappa shape index (κ3) is 2.90. The third-order valence-corrected chi connectivity index (χ3v) is 4.85. The highest BCUT2D eigenvalue weighted by molar-refractivity contribution is 6.33. The Balaban J connectivity index is 1.93. The minimum atomic E-state index is -0.0531. The fourth-order valence-electron chi connectivity index (χ4n) is 3.53. The molecular formula is C22H21N3O2. The van der Waals surface area contributed by atoms with Crippen LogP contribution in [0.25, 0.3) is 0 Å². The number of carbonyl (C=O) groups excluding carboxylic acids is 1. The first-order chi connectivity index (χ1) is 13.1. The van der Waals surface area contributed by atoms with Crippen LogP contribution in [0.1, 0.15) is 22.8 Å². The van der Waals surface area contributed by atoms with Crippen molar-refractivity contribution >= 4 is 17.5 Å². The van der Waals surface area contributed by atoms with Gasteiger partial charge in [-0.3, -0.25) is 4.79 Å². The van der Waals surface area contributed by atoms with Crippen molar-refractivity contribution in [2.45, 2.75) is 6.92 Å². The Hall–Kier alpha value is -3.05. The van der Waals surface area contributed by atoms with Crippen molar-refractivity contribution in [1.29, 1.82) is 0 Å². The van der Waals surface area contributed by atoms with Crippen LogP contribution >= 0.6 is 0 Å². The smallest absolute Gasteiger partial charge is 0.226 e. The van der Waals surface area contributed by atoms with Crippen LogP contribution in [0, 0.1) is 0 Å². The number of hydrogen-bond acceptors (Lipinski definition) is 5. The van der Waals surface area contributed by atoms with Crippen molar-refractivity contribution in [3.8, 4) is 0 Å². The number of ketones is 1. The van der Waals surface area contributed by atoms with Crippen LogP contribution in [0.15, 0.2) is 82.0 Å². The van der Waals surface area contributed by atoms with Gasteiger partial charge in [0.2, 0.25) is 5.96 Å². The Morgan fingerprint density at radius 2 is 1.89 bits per heavy atom. The van der Waals surface area contributed by atoms with E-state index in [0.717, 1.165) is 35.5 Å². The Bertz CT molecular complexity index is 973. The number of allylic oxidation sites excluding steroid dienone is 6. The molecule has 0 atom stereocenters. The molecule has 5 nitrogen and oxygen atoms in total. The van der Waals surface area contributed by atoms with Gasteiger partial charge in [0.15, 0.2) is 5.78 Å². The van der Waals surface area contributed by atoms with Gasteiger partial charge < -0.3 is 9.64 Å². The van der Waals surface area contributed by atoms with Gasteiger partial charge in [-0.25, -0.2) is 9.98 Å². The van der Waals surface area contributed by atoms with E-state index in [1.54, 1.807) is 6.08 Å². The minimum absolute atomic E-state index is 0.0531. The summed E-state index contributed by atoms with van der Waals surface area (Å²) in [7, 11) is 0. The highest BCUT2D eigenvalue weighted by Crippen LogP contribution is 2.36. The molecule has 136 valence electrons. The Morgan fingerprint density at radius 3 is 2.56 bits per heavy atom. The number of nitrogens with zero attached hydrogens (tertiary/aromatic N) is 3. The summed E-state index contributed by atoms with van der Waals surface area (Å²) in [5.41, 5.74) is 4.92. The van der Waals surface area contributed by atoms with Crippen LogP contribution < -0.4 is 0 Å². The zero-order valence-electron chi connectivity index (χ0n) is 15.4. The number of fused-ring (bicyclic) bond motifs is 3. The summed E-state index contributed by atoms with van der Waals surface area (Å²) in [6.45, 7) is 12.5. The average Bonchev–Trinajstić information content (AvgIpc) is 3.13. The fourth-order valence-corrected chi connectivity index (χ4v) is 3.53. The summed E-state index contributed by atoms with van der Waals surface area (Å²) in [4.78, 5) is 25.0. The lowest BCUT2D eigenvalue weighted by Gasteiger charge is -2.26.